The van der Waals surface area contributed by atoms with Crippen molar-refractivity contribution in [3.05, 3.63) is 27.9 Å². The SMILES string of the molecule is Cc1cc(=O)n2c(C)nc(N3CCOCC3)nc2n1. The highest BCUT2D eigenvalue weighted by molar-refractivity contribution is 5.40. The smallest absolute Gasteiger partial charge is 0.260 e. The molecule has 3 rings (SSSR count). The Bertz CT molecular complexity index is 676. The van der Waals surface area contributed by atoms with E-state index in [1.807, 2.05) is 4.90 Å². The summed E-state index contributed by atoms with van der Waals surface area (Å²) in [6.07, 6.45) is 0. The van der Waals surface area contributed by atoms with Gasteiger partial charge < -0.3 is 9.64 Å². The van der Waals surface area contributed by atoms with Crippen molar-refractivity contribution in [2.45, 2.75) is 13.8 Å². The van der Waals surface area contributed by atoms with Gasteiger partial charge in [-0.25, -0.2) is 9.38 Å². The molecule has 0 amide bonds. The van der Waals surface area contributed by atoms with Crippen molar-refractivity contribution in [3.8, 4) is 0 Å². The molecule has 7 nitrogen and oxygen atoms in total. The Balaban J connectivity index is 2.15. The van der Waals surface area contributed by atoms with E-state index in [1.54, 1.807) is 13.8 Å². The average Bonchev–Trinajstić information content (AvgIpc) is 2.38. The van der Waals surface area contributed by atoms with Crippen LogP contribution in [0.5, 0.6) is 0 Å². The van der Waals surface area contributed by atoms with Gasteiger partial charge in [0.1, 0.15) is 5.82 Å². The minimum absolute atomic E-state index is 0.145. The molecule has 0 radical (unpaired) electrons. The van der Waals surface area contributed by atoms with E-state index in [0.29, 0.717) is 36.5 Å². The molecule has 0 aromatic carbocycles. The largest absolute Gasteiger partial charge is 0.378 e. The van der Waals surface area contributed by atoms with Gasteiger partial charge in [0.15, 0.2) is 0 Å². The van der Waals surface area contributed by atoms with E-state index in [1.165, 1.54) is 10.5 Å². The molecule has 1 aliphatic rings. The van der Waals surface area contributed by atoms with Crippen molar-refractivity contribution >= 4 is 11.7 Å². The van der Waals surface area contributed by atoms with Gasteiger partial charge in [-0.05, 0) is 13.8 Å². The predicted molar refractivity (Wildman–Crippen MR) is 69.6 cm³/mol. The van der Waals surface area contributed by atoms with E-state index in [9.17, 15) is 4.79 Å². The monoisotopic (exact) mass is 261 g/mol. The second kappa shape index (κ2) is 4.58. The lowest BCUT2D eigenvalue weighted by molar-refractivity contribution is 0.122. The number of hydrogen-bond donors (Lipinski definition) is 0. The molecule has 3 heterocycles. The predicted octanol–water partition coefficient (Wildman–Crippen LogP) is -0.0621. The van der Waals surface area contributed by atoms with Gasteiger partial charge in [-0.3, -0.25) is 4.79 Å². The Morgan fingerprint density at radius 3 is 2.63 bits per heavy atom. The Morgan fingerprint density at radius 1 is 1.16 bits per heavy atom. The lowest BCUT2D eigenvalue weighted by atomic mass is 10.4. The molecule has 0 N–H and O–H groups in total. The third-order valence-electron chi connectivity index (χ3n) is 3.11. The maximum Gasteiger partial charge on any atom is 0.260 e. The van der Waals surface area contributed by atoms with Crippen LogP contribution >= 0.6 is 0 Å². The van der Waals surface area contributed by atoms with Crippen molar-refractivity contribution in [1.29, 1.82) is 0 Å². The molecule has 1 aliphatic heterocycles. The molecule has 0 aliphatic carbocycles. The summed E-state index contributed by atoms with van der Waals surface area (Å²) in [5.41, 5.74) is 0.518. The quantitative estimate of drug-likeness (QED) is 0.716. The molecule has 0 atom stereocenters. The summed E-state index contributed by atoms with van der Waals surface area (Å²) in [7, 11) is 0. The lowest BCUT2D eigenvalue weighted by Crippen LogP contribution is -2.38. The molecule has 0 unspecified atom stereocenters. The molecule has 2 aromatic rings. The third kappa shape index (κ3) is 2.17. The van der Waals surface area contributed by atoms with Crippen LogP contribution < -0.4 is 10.5 Å². The fourth-order valence-electron chi connectivity index (χ4n) is 2.17. The van der Waals surface area contributed by atoms with Crippen LogP contribution in [0.15, 0.2) is 10.9 Å². The summed E-state index contributed by atoms with van der Waals surface area (Å²) in [6.45, 7) is 6.42. The molecule has 100 valence electrons. The van der Waals surface area contributed by atoms with Crippen LogP contribution in [-0.4, -0.2) is 45.7 Å². The van der Waals surface area contributed by atoms with Gasteiger partial charge in [-0.15, -0.1) is 0 Å². The number of anilines is 1. The number of nitrogens with zero attached hydrogens (tertiary/aromatic N) is 5. The second-order valence-electron chi connectivity index (χ2n) is 4.54. The second-order valence-corrected chi connectivity index (χ2v) is 4.54. The standard InChI is InChI=1S/C12H15N5O2/c1-8-7-10(18)17-9(2)14-11(15-12(17)13-8)16-3-5-19-6-4-16/h7H,3-6H2,1-2H3. The molecular weight excluding hydrogens is 246 g/mol. The zero-order valence-electron chi connectivity index (χ0n) is 11.0. The highest BCUT2D eigenvalue weighted by Crippen LogP contribution is 2.11. The highest BCUT2D eigenvalue weighted by atomic mass is 16.5. The summed E-state index contributed by atoms with van der Waals surface area (Å²) >= 11 is 0. The summed E-state index contributed by atoms with van der Waals surface area (Å²) in [5, 5.41) is 0. The van der Waals surface area contributed by atoms with Crippen molar-refractivity contribution in [1.82, 2.24) is 19.4 Å². The first-order chi connectivity index (χ1) is 9.15. The van der Waals surface area contributed by atoms with E-state index in [2.05, 4.69) is 15.0 Å². The maximum atomic E-state index is 11.9. The molecule has 1 saturated heterocycles. The van der Waals surface area contributed by atoms with Crippen LogP contribution in [0.1, 0.15) is 11.5 Å². The third-order valence-corrected chi connectivity index (χ3v) is 3.11. The summed E-state index contributed by atoms with van der Waals surface area (Å²) in [5.74, 6) is 1.61. The highest BCUT2D eigenvalue weighted by Gasteiger charge is 2.16. The van der Waals surface area contributed by atoms with Crippen molar-refractivity contribution in [2.75, 3.05) is 31.2 Å². The maximum absolute atomic E-state index is 11.9. The summed E-state index contributed by atoms with van der Waals surface area (Å²) < 4.78 is 6.74. The van der Waals surface area contributed by atoms with Crippen molar-refractivity contribution in [2.24, 2.45) is 0 Å². The number of ether oxygens (including phenoxy) is 1. The van der Waals surface area contributed by atoms with E-state index in [-0.39, 0.29) is 5.56 Å². The number of rotatable bonds is 1. The minimum Gasteiger partial charge on any atom is -0.378 e. The first-order valence-electron chi connectivity index (χ1n) is 6.23. The molecule has 0 bridgehead atoms. The fraction of sp³-hybridized carbons (Fsp3) is 0.500. The molecule has 0 spiro atoms. The van der Waals surface area contributed by atoms with Gasteiger partial charge >= 0.3 is 0 Å². The van der Waals surface area contributed by atoms with Gasteiger partial charge in [0.05, 0.1) is 13.2 Å². The minimum atomic E-state index is -0.145. The number of aromatic nitrogens is 4. The van der Waals surface area contributed by atoms with Crippen LogP contribution in [0.2, 0.25) is 0 Å². The van der Waals surface area contributed by atoms with E-state index in [4.69, 9.17) is 4.74 Å². The van der Waals surface area contributed by atoms with Crippen LogP contribution in [0, 0.1) is 13.8 Å². The zero-order chi connectivity index (χ0) is 13.4. The number of morpholine rings is 1. The van der Waals surface area contributed by atoms with Crippen molar-refractivity contribution < 1.29 is 4.74 Å². The number of aryl methyl sites for hydroxylation is 2. The average molecular weight is 261 g/mol. The molecule has 0 saturated carbocycles. The van der Waals surface area contributed by atoms with Gasteiger partial charge in [0.2, 0.25) is 11.7 Å². The molecular formula is C12H15N5O2. The molecule has 2 aromatic heterocycles. The topological polar surface area (TPSA) is 72.6 Å². The number of hydrogen-bond acceptors (Lipinski definition) is 6. The van der Waals surface area contributed by atoms with E-state index >= 15 is 0 Å². The first-order valence-corrected chi connectivity index (χ1v) is 6.23. The summed E-state index contributed by atoms with van der Waals surface area (Å²) in [6, 6.07) is 1.48. The fourth-order valence-corrected chi connectivity index (χ4v) is 2.17. The van der Waals surface area contributed by atoms with Gasteiger partial charge in [-0.2, -0.15) is 9.97 Å². The van der Waals surface area contributed by atoms with Crippen LogP contribution in [0.25, 0.3) is 5.78 Å². The summed E-state index contributed by atoms with van der Waals surface area (Å²) in [4.78, 5) is 27.1. The zero-order valence-corrected chi connectivity index (χ0v) is 11.0. The number of fused-ring (bicyclic) bond motifs is 1. The van der Waals surface area contributed by atoms with Crippen LogP contribution in [0.3, 0.4) is 0 Å². The van der Waals surface area contributed by atoms with E-state index < -0.39 is 0 Å². The Labute approximate surface area is 109 Å². The van der Waals surface area contributed by atoms with E-state index in [0.717, 1.165) is 13.1 Å². The molecule has 1 fully saturated rings. The normalized spacial score (nSPS) is 16.0. The Hall–Kier alpha value is -2.02. The van der Waals surface area contributed by atoms with Gasteiger partial charge in [-0.1, -0.05) is 0 Å². The first kappa shape index (κ1) is 12.0. The van der Waals surface area contributed by atoms with Crippen LogP contribution in [0.4, 0.5) is 5.95 Å². The Kier molecular flexibility index (Phi) is 2.90. The molecule has 7 heteroatoms. The van der Waals surface area contributed by atoms with Gasteiger partial charge in [0, 0.05) is 24.8 Å². The van der Waals surface area contributed by atoms with Gasteiger partial charge in [0.25, 0.3) is 5.56 Å². The van der Waals surface area contributed by atoms with Crippen molar-refractivity contribution in [3.63, 3.8) is 0 Å². The lowest BCUT2D eigenvalue weighted by Gasteiger charge is -2.26. The van der Waals surface area contributed by atoms with Crippen LogP contribution in [-0.2, 0) is 4.74 Å². The molecule has 19 heavy (non-hydrogen) atoms. The Morgan fingerprint density at radius 2 is 1.89 bits per heavy atom.